The first-order valence-electron chi connectivity index (χ1n) is 8.46. The van der Waals surface area contributed by atoms with E-state index in [-0.39, 0.29) is 23.5 Å². The Hall–Kier alpha value is -0.620. The number of nitrogens with one attached hydrogen (secondary N) is 2. The molecule has 0 aromatic rings. The number of rotatable bonds is 6. The highest BCUT2D eigenvalue weighted by atomic mass is 32.2. The monoisotopic (exact) mass is 330 g/mol. The number of amides is 2. The third-order valence-electron chi connectivity index (χ3n) is 5.10. The van der Waals surface area contributed by atoms with Gasteiger partial charge in [-0.05, 0) is 33.1 Å². The van der Waals surface area contributed by atoms with Crippen LogP contribution < -0.4 is 10.6 Å². The molecule has 2 rings (SSSR count). The van der Waals surface area contributed by atoms with Crippen LogP contribution >= 0.6 is 0 Å². The molecule has 2 N–H and O–H groups in total. The van der Waals surface area contributed by atoms with Crippen LogP contribution in [0.1, 0.15) is 52.4 Å². The molecule has 0 radical (unpaired) electrons. The van der Waals surface area contributed by atoms with Crippen LogP contribution in [0.25, 0.3) is 0 Å². The Morgan fingerprint density at radius 2 is 2.05 bits per heavy atom. The van der Waals surface area contributed by atoms with E-state index in [9.17, 15) is 9.00 Å². The van der Waals surface area contributed by atoms with Crippen LogP contribution in [0.4, 0.5) is 4.79 Å². The van der Waals surface area contributed by atoms with Gasteiger partial charge in [0.2, 0.25) is 0 Å². The molecule has 6 heteroatoms. The number of hydrogen-bond donors (Lipinski definition) is 2. The van der Waals surface area contributed by atoms with Crippen molar-refractivity contribution in [1.82, 2.24) is 10.6 Å². The SMILES string of the molecule is CCOC1CC(NC(=O)NC(C)CS(C)=O)C12CCCCC2. The van der Waals surface area contributed by atoms with Crippen molar-refractivity contribution in [2.75, 3.05) is 18.6 Å². The molecule has 4 atom stereocenters. The van der Waals surface area contributed by atoms with Crippen molar-refractivity contribution in [1.29, 1.82) is 0 Å². The zero-order valence-corrected chi connectivity index (χ0v) is 14.8. The molecule has 2 amide bonds. The van der Waals surface area contributed by atoms with Gasteiger partial charge >= 0.3 is 6.03 Å². The minimum atomic E-state index is -0.894. The van der Waals surface area contributed by atoms with Gasteiger partial charge in [-0.15, -0.1) is 0 Å². The van der Waals surface area contributed by atoms with Crippen LogP contribution in [-0.2, 0) is 15.5 Å². The highest BCUT2D eigenvalue weighted by Gasteiger charge is 2.56. The summed E-state index contributed by atoms with van der Waals surface area (Å²) in [6.07, 6.45) is 8.92. The Balaban J connectivity index is 1.88. The van der Waals surface area contributed by atoms with E-state index < -0.39 is 10.8 Å². The van der Waals surface area contributed by atoms with E-state index in [0.29, 0.717) is 11.9 Å². The zero-order chi connectivity index (χ0) is 16.2. The van der Waals surface area contributed by atoms with Gasteiger partial charge < -0.3 is 15.4 Å². The molecule has 2 aliphatic carbocycles. The van der Waals surface area contributed by atoms with E-state index in [1.165, 1.54) is 19.3 Å². The van der Waals surface area contributed by atoms with Gasteiger partial charge in [0.15, 0.2) is 0 Å². The van der Waals surface area contributed by atoms with E-state index in [1.807, 2.05) is 13.8 Å². The molecule has 1 spiro atoms. The van der Waals surface area contributed by atoms with Crippen LogP contribution in [0.3, 0.4) is 0 Å². The lowest BCUT2D eigenvalue weighted by atomic mass is 9.55. The Morgan fingerprint density at radius 3 is 2.64 bits per heavy atom. The smallest absolute Gasteiger partial charge is 0.315 e. The Morgan fingerprint density at radius 1 is 1.36 bits per heavy atom. The fraction of sp³-hybridized carbons (Fsp3) is 0.938. The molecule has 0 bridgehead atoms. The first-order chi connectivity index (χ1) is 10.5. The van der Waals surface area contributed by atoms with Gasteiger partial charge in [-0.25, -0.2) is 4.79 Å². The second-order valence-corrected chi connectivity index (χ2v) is 8.26. The molecule has 0 heterocycles. The van der Waals surface area contributed by atoms with Gasteiger partial charge in [0.1, 0.15) is 0 Å². The van der Waals surface area contributed by atoms with Crippen molar-refractivity contribution in [3.05, 3.63) is 0 Å². The summed E-state index contributed by atoms with van der Waals surface area (Å²) in [6.45, 7) is 4.67. The van der Waals surface area contributed by atoms with Crippen molar-refractivity contribution in [2.45, 2.75) is 70.6 Å². The van der Waals surface area contributed by atoms with E-state index in [1.54, 1.807) is 6.26 Å². The lowest BCUT2D eigenvalue weighted by Gasteiger charge is -2.57. The number of carbonyl (C=O) groups excluding carboxylic acids is 1. The van der Waals surface area contributed by atoms with E-state index in [2.05, 4.69) is 10.6 Å². The van der Waals surface area contributed by atoms with Gasteiger partial charge in [0.25, 0.3) is 0 Å². The molecular formula is C16H30N2O3S. The van der Waals surface area contributed by atoms with Crippen LogP contribution in [0.5, 0.6) is 0 Å². The largest absolute Gasteiger partial charge is 0.378 e. The van der Waals surface area contributed by atoms with Crippen molar-refractivity contribution in [3.63, 3.8) is 0 Å². The summed E-state index contributed by atoms with van der Waals surface area (Å²) in [6, 6.07) is 0.00225. The van der Waals surface area contributed by atoms with Gasteiger partial charge in [-0.3, -0.25) is 4.21 Å². The zero-order valence-electron chi connectivity index (χ0n) is 14.0. The highest BCUT2D eigenvalue weighted by Crippen LogP contribution is 2.53. The third kappa shape index (κ3) is 4.02. The molecule has 0 aliphatic heterocycles. The predicted molar refractivity (Wildman–Crippen MR) is 89.4 cm³/mol. The Bertz CT molecular complexity index is 410. The predicted octanol–water partition coefficient (Wildman–Crippen LogP) is 2.18. The van der Waals surface area contributed by atoms with Crippen molar-refractivity contribution in [2.24, 2.45) is 5.41 Å². The number of ether oxygens (including phenoxy) is 1. The third-order valence-corrected chi connectivity index (χ3v) is 6.07. The molecule has 0 saturated heterocycles. The maximum atomic E-state index is 12.2. The molecule has 2 saturated carbocycles. The molecule has 128 valence electrons. The summed E-state index contributed by atoms with van der Waals surface area (Å²) in [5.74, 6) is 0.491. The molecule has 2 fully saturated rings. The fourth-order valence-electron chi connectivity index (χ4n) is 4.08. The molecular weight excluding hydrogens is 300 g/mol. The summed E-state index contributed by atoms with van der Waals surface area (Å²) in [4.78, 5) is 12.2. The van der Waals surface area contributed by atoms with E-state index in [4.69, 9.17) is 4.74 Å². The van der Waals surface area contributed by atoms with Crippen LogP contribution in [0.15, 0.2) is 0 Å². The number of hydrogen-bond acceptors (Lipinski definition) is 3. The minimum absolute atomic E-state index is 0.0732. The van der Waals surface area contributed by atoms with Gasteiger partial charge in [-0.2, -0.15) is 0 Å². The standard InChI is InChI=1S/C16H30N2O3S/c1-4-21-14-10-13(16(14)8-6-5-7-9-16)18-15(19)17-12(2)11-22(3)20/h12-14H,4-11H2,1-3H3,(H2,17,18,19). The molecule has 2 aliphatic rings. The van der Waals surface area contributed by atoms with Gasteiger partial charge in [-0.1, -0.05) is 19.3 Å². The fourth-order valence-corrected chi connectivity index (χ4v) is 4.87. The Labute approximate surface area is 136 Å². The summed E-state index contributed by atoms with van der Waals surface area (Å²) in [7, 11) is -0.894. The van der Waals surface area contributed by atoms with E-state index >= 15 is 0 Å². The molecule has 0 aromatic heterocycles. The first kappa shape index (κ1) is 17.7. The van der Waals surface area contributed by atoms with Crippen molar-refractivity contribution < 1.29 is 13.7 Å². The van der Waals surface area contributed by atoms with Crippen LogP contribution in [-0.4, -0.2) is 47.0 Å². The minimum Gasteiger partial charge on any atom is -0.378 e. The maximum absolute atomic E-state index is 12.2. The average Bonchev–Trinajstić information content (AvgIpc) is 2.46. The lowest BCUT2D eigenvalue weighted by molar-refractivity contribution is -0.146. The second-order valence-electron chi connectivity index (χ2n) is 6.78. The van der Waals surface area contributed by atoms with Crippen molar-refractivity contribution in [3.8, 4) is 0 Å². The van der Waals surface area contributed by atoms with Crippen LogP contribution in [0.2, 0.25) is 0 Å². The van der Waals surface area contributed by atoms with Crippen LogP contribution in [0, 0.1) is 5.41 Å². The molecule has 5 nitrogen and oxygen atoms in total. The van der Waals surface area contributed by atoms with Crippen molar-refractivity contribution >= 4 is 16.8 Å². The van der Waals surface area contributed by atoms with Gasteiger partial charge in [0, 0.05) is 46.9 Å². The number of carbonyl (C=O) groups is 1. The summed E-state index contributed by atoms with van der Waals surface area (Å²) in [5, 5.41) is 6.04. The van der Waals surface area contributed by atoms with E-state index in [0.717, 1.165) is 25.9 Å². The lowest BCUT2D eigenvalue weighted by Crippen LogP contribution is -2.66. The highest BCUT2D eigenvalue weighted by molar-refractivity contribution is 7.84. The molecule has 4 unspecified atom stereocenters. The summed E-state index contributed by atoms with van der Waals surface area (Å²) in [5.41, 5.74) is 0.141. The molecule has 0 aromatic carbocycles. The molecule has 22 heavy (non-hydrogen) atoms. The second kappa shape index (κ2) is 7.77. The summed E-state index contributed by atoms with van der Waals surface area (Å²) < 4.78 is 17.1. The Kier molecular flexibility index (Phi) is 6.26. The summed E-state index contributed by atoms with van der Waals surface area (Å²) >= 11 is 0. The maximum Gasteiger partial charge on any atom is 0.315 e. The normalized spacial score (nSPS) is 29.4. The quantitative estimate of drug-likeness (QED) is 0.784. The number of urea groups is 1. The topological polar surface area (TPSA) is 67.4 Å². The van der Waals surface area contributed by atoms with Gasteiger partial charge in [0.05, 0.1) is 6.10 Å². The first-order valence-corrected chi connectivity index (χ1v) is 10.2. The average molecular weight is 330 g/mol.